The van der Waals surface area contributed by atoms with E-state index in [1.165, 1.54) is 0 Å². The zero-order valence-electron chi connectivity index (χ0n) is 10.1. The van der Waals surface area contributed by atoms with Gasteiger partial charge < -0.3 is 10.4 Å². The van der Waals surface area contributed by atoms with Crippen LogP contribution in [0.2, 0.25) is 0 Å². The lowest BCUT2D eigenvalue weighted by Crippen LogP contribution is -2.52. The standard InChI is InChI=1S/C12H14BrNO4S/c13-9-3-1-2-4-10(9)14-12(11(15)16)5-7-19(17,18)8-6-12/h1-4,14H,5-8H2,(H,15,16). The molecule has 1 fully saturated rings. The topological polar surface area (TPSA) is 83.5 Å². The zero-order chi connectivity index (χ0) is 14.1. The fraction of sp³-hybridized carbons (Fsp3) is 0.417. The van der Waals surface area contributed by atoms with Gasteiger partial charge in [-0.1, -0.05) is 12.1 Å². The summed E-state index contributed by atoms with van der Waals surface area (Å²) < 4.78 is 23.7. The van der Waals surface area contributed by atoms with Gasteiger partial charge in [0.2, 0.25) is 0 Å². The number of anilines is 1. The molecule has 5 nitrogen and oxygen atoms in total. The minimum atomic E-state index is -3.10. The average molecular weight is 348 g/mol. The predicted octanol–water partition coefficient (Wildman–Crippen LogP) is 1.89. The average Bonchev–Trinajstić information content (AvgIpc) is 2.34. The van der Waals surface area contributed by atoms with Crippen LogP contribution < -0.4 is 5.32 Å². The Morgan fingerprint density at radius 3 is 2.37 bits per heavy atom. The van der Waals surface area contributed by atoms with Gasteiger partial charge in [-0.25, -0.2) is 13.2 Å². The highest BCUT2D eigenvalue weighted by Crippen LogP contribution is 2.31. The van der Waals surface area contributed by atoms with Gasteiger partial charge in [-0.05, 0) is 40.9 Å². The van der Waals surface area contributed by atoms with Crippen molar-refractivity contribution in [2.24, 2.45) is 0 Å². The van der Waals surface area contributed by atoms with Gasteiger partial charge in [0.25, 0.3) is 0 Å². The van der Waals surface area contributed by atoms with Crippen LogP contribution in [0.1, 0.15) is 12.8 Å². The number of hydrogen-bond acceptors (Lipinski definition) is 4. The monoisotopic (exact) mass is 347 g/mol. The van der Waals surface area contributed by atoms with Gasteiger partial charge in [-0.15, -0.1) is 0 Å². The van der Waals surface area contributed by atoms with Gasteiger partial charge in [-0.2, -0.15) is 0 Å². The molecule has 0 unspecified atom stereocenters. The van der Waals surface area contributed by atoms with Crippen LogP contribution >= 0.6 is 15.9 Å². The van der Waals surface area contributed by atoms with Crippen molar-refractivity contribution in [1.82, 2.24) is 0 Å². The second kappa shape index (κ2) is 5.13. The Morgan fingerprint density at radius 2 is 1.84 bits per heavy atom. The Labute approximate surface area is 120 Å². The molecule has 0 aromatic heterocycles. The van der Waals surface area contributed by atoms with E-state index in [2.05, 4.69) is 21.2 Å². The van der Waals surface area contributed by atoms with E-state index in [0.29, 0.717) is 5.69 Å². The normalized spacial score (nSPS) is 20.7. The molecule has 104 valence electrons. The quantitative estimate of drug-likeness (QED) is 0.872. The van der Waals surface area contributed by atoms with Crippen molar-refractivity contribution in [2.45, 2.75) is 18.4 Å². The molecular formula is C12H14BrNO4S. The van der Waals surface area contributed by atoms with E-state index in [1.54, 1.807) is 18.2 Å². The molecule has 2 rings (SSSR count). The zero-order valence-corrected chi connectivity index (χ0v) is 12.5. The Bertz CT molecular complexity index is 586. The van der Waals surface area contributed by atoms with Crippen LogP contribution in [0.3, 0.4) is 0 Å². The highest BCUT2D eigenvalue weighted by Gasteiger charge is 2.43. The van der Waals surface area contributed by atoms with E-state index >= 15 is 0 Å². The molecule has 0 amide bonds. The maximum atomic E-state index is 11.5. The predicted molar refractivity (Wildman–Crippen MR) is 76.0 cm³/mol. The summed E-state index contributed by atoms with van der Waals surface area (Å²) in [7, 11) is -3.10. The van der Waals surface area contributed by atoms with Crippen LogP contribution in [-0.4, -0.2) is 36.5 Å². The number of carboxylic acids is 1. The van der Waals surface area contributed by atoms with E-state index in [4.69, 9.17) is 0 Å². The van der Waals surface area contributed by atoms with Crippen LogP contribution in [0, 0.1) is 0 Å². The highest BCUT2D eigenvalue weighted by atomic mass is 79.9. The number of aliphatic carboxylic acids is 1. The smallest absolute Gasteiger partial charge is 0.329 e. The second-order valence-electron chi connectivity index (χ2n) is 4.64. The number of para-hydroxylation sites is 1. The van der Waals surface area contributed by atoms with Crippen molar-refractivity contribution in [1.29, 1.82) is 0 Å². The third-order valence-corrected chi connectivity index (χ3v) is 5.68. The van der Waals surface area contributed by atoms with Crippen molar-refractivity contribution < 1.29 is 18.3 Å². The molecule has 19 heavy (non-hydrogen) atoms. The van der Waals surface area contributed by atoms with Crippen LogP contribution in [-0.2, 0) is 14.6 Å². The number of hydrogen-bond donors (Lipinski definition) is 2. The Kier molecular flexibility index (Phi) is 3.87. The minimum absolute atomic E-state index is 0.0754. The van der Waals surface area contributed by atoms with Gasteiger partial charge in [0.1, 0.15) is 5.54 Å². The summed E-state index contributed by atoms with van der Waals surface area (Å²) in [5.41, 5.74) is -0.556. The lowest BCUT2D eigenvalue weighted by molar-refractivity contribution is -0.142. The van der Waals surface area contributed by atoms with Gasteiger partial charge in [0.15, 0.2) is 9.84 Å². The van der Waals surface area contributed by atoms with Crippen molar-refractivity contribution in [3.8, 4) is 0 Å². The van der Waals surface area contributed by atoms with Crippen molar-refractivity contribution in [2.75, 3.05) is 16.8 Å². The second-order valence-corrected chi connectivity index (χ2v) is 7.80. The highest BCUT2D eigenvalue weighted by molar-refractivity contribution is 9.10. The number of sulfone groups is 1. The molecule has 0 aliphatic carbocycles. The number of halogens is 1. The summed E-state index contributed by atoms with van der Waals surface area (Å²) in [6.07, 6.45) is 0.151. The summed E-state index contributed by atoms with van der Waals surface area (Å²) in [5.74, 6) is -1.22. The van der Waals surface area contributed by atoms with Crippen LogP contribution in [0.5, 0.6) is 0 Å². The molecule has 0 atom stereocenters. The van der Waals surface area contributed by atoms with Gasteiger partial charge >= 0.3 is 5.97 Å². The molecule has 0 radical (unpaired) electrons. The van der Waals surface area contributed by atoms with E-state index in [1.807, 2.05) is 6.07 Å². The van der Waals surface area contributed by atoms with Crippen LogP contribution in [0.15, 0.2) is 28.7 Å². The SMILES string of the molecule is O=C(O)C1(Nc2ccccc2Br)CCS(=O)(=O)CC1. The van der Waals surface area contributed by atoms with Crippen molar-refractivity contribution >= 4 is 37.4 Å². The molecule has 1 saturated heterocycles. The lowest BCUT2D eigenvalue weighted by atomic mass is 9.92. The van der Waals surface area contributed by atoms with E-state index in [0.717, 1.165) is 4.47 Å². The molecule has 1 aromatic carbocycles. The third-order valence-electron chi connectivity index (χ3n) is 3.34. The molecule has 0 saturated carbocycles. The molecule has 2 N–H and O–H groups in total. The summed E-state index contributed by atoms with van der Waals surface area (Å²) in [6.45, 7) is 0. The molecule has 1 aliphatic heterocycles. The molecule has 7 heteroatoms. The first-order valence-electron chi connectivity index (χ1n) is 5.81. The number of carboxylic acid groups (broad SMARTS) is 1. The van der Waals surface area contributed by atoms with E-state index in [9.17, 15) is 18.3 Å². The van der Waals surface area contributed by atoms with Crippen molar-refractivity contribution in [3.63, 3.8) is 0 Å². The molecule has 1 aliphatic rings. The summed E-state index contributed by atoms with van der Waals surface area (Å²) >= 11 is 3.35. The summed E-state index contributed by atoms with van der Waals surface area (Å²) in [6, 6.07) is 7.19. The van der Waals surface area contributed by atoms with Crippen LogP contribution in [0.25, 0.3) is 0 Å². The van der Waals surface area contributed by atoms with Crippen LogP contribution in [0.4, 0.5) is 5.69 Å². The first-order valence-corrected chi connectivity index (χ1v) is 8.43. The molecule has 0 spiro atoms. The fourth-order valence-corrected chi connectivity index (χ4v) is 4.01. The fourth-order valence-electron chi connectivity index (χ4n) is 2.10. The van der Waals surface area contributed by atoms with Gasteiger partial charge in [0, 0.05) is 10.2 Å². The third kappa shape index (κ3) is 3.09. The van der Waals surface area contributed by atoms with Gasteiger partial charge in [-0.3, -0.25) is 0 Å². The van der Waals surface area contributed by atoms with Gasteiger partial charge in [0.05, 0.1) is 11.5 Å². The maximum Gasteiger partial charge on any atom is 0.329 e. The maximum absolute atomic E-state index is 11.5. The van der Waals surface area contributed by atoms with E-state index in [-0.39, 0.29) is 24.3 Å². The molecular weight excluding hydrogens is 334 g/mol. The number of rotatable bonds is 3. The first-order chi connectivity index (χ1) is 8.85. The largest absolute Gasteiger partial charge is 0.480 e. The molecule has 1 aromatic rings. The number of carbonyl (C=O) groups is 1. The Balaban J connectivity index is 2.28. The first kappa shape index (κ1) is 14.3. The summed E-state index contributed by atoms with van der Waals surface area (Å²) in [4.78, 5) is 11.5. The number of nitrogens with one attached hydrogen (secondary N) is 1. The Hall–Kier alpha value is -1.08. The lowest BCUT2D eigenvalue weighted by Gasteiger charge is -2.35. The van der Waals surface area contributed by atoms with E-state index < -0.39 is 21.3 Å². The minimum Gasteiger partial charge on any atom is -0.480 e. The Morgan fingerprint density at radius 1 is 1.26 bits per heavy atom. The van der Waals surface area contributed by atoms with Crippen molar-refractivity contribution in [3.05, 3.63) is 28.7 Å². The number of benzene rings is 1. The summed E-state index contributed by atoms with van der Waals surface area (Å²) in [5, 5.41) is 12.4. The molecule has 0 bridgehead atoms. The molecule has 1 heterocycles.